The molecule has 0 saturated heterocycles. The number of benzene rings is 1. The fourth-order valence-corrected chi connectivity index (χ4v) is 1.55. The van der Waals surface area contributed by atoms with E-state index in [1.54, 1.807) is 6.92 Å². The van der Waals surface area contributed by atoms with Crippen LogP contribution >= 0.6 is 11.6 Å². The van der Waals surface area contributed by atoms with Gasteiger partial charge in [-0.25, -0.2) is 13.6 Å². The number of anilines is 1. The van der Waals surface area contributed by atoms with Gasteiger partial charge in [0.25, 0.3) is 6.43 Å². The first-order valence-corrected chi connectivity index (χ1v) is 5.50. The molecule has 0 bridgehead atoms. The molecule has 0 heterocycles. The number of carbonyl (C=O) groups excluding carboxylic acids is 1. The van der Waals surface area contributed by atoms with Gasteiger partial charge in [-0.3, -0.25) is 0 Å². The molecular formula is C11H12ClF2NO3. The molecule has 1 rings (SSSR count). The van der Waals surface area contributed by atoms with E-state index in [1.165, 1.54) is 12.1 Å². The summed E-state index contributed by atoms with van der Waals surface area (Å²) in [5.41, 5.74) is 5.67. The van der Waals surface area contributed by atoms with E-state index in [2.05, 4.69) is 0 Å². The van der Waals surface area contributed by atoms with Crippen LogP contribution in [0.3, 0.4) is 0 Å². The number of halogens is 3. The summed E-state index contributed by atoms with van der Waals surface area (Å²) in [5.74, 6) is -0.874. The quantitative estimate of drug-likeness (QED) is 0.665. The number of esters is 1. The van der Waals surface area contributed by atoms with Crippen LogP contribution in [0, 0.1) is 0 Å². The number of alkyl halides is 2. The van der Waals surface area contributed by atoms with Crippen LogP contribution in [-0.4, -0.2) is 25.6 Å². The van der Waals surface area contributed by atoms with Gasteiger partial charge in [0.15, 0.2) is 5.75 Å². The average Bonchev–Trinajstić information content (AvgIpc) is 2.26. The van der Waals surface area contributed by atoms with Gasteiger partial charge in [-0.1, -0.05) is 11.6 Å². The van der Waals surface area contributed by atoms with E-state index in [9.17, 15) is 13.6 Å². The summed E-state index contributed by atoms with van der Waals surface area (Å²) < 4.78 is 33.8. The molecule has 0 unspecified atom stereocenters. The molecule has 0 aromatic heterocycles. The zero-order valence-corrected chi connectivity index (χ0v) is 10.3. The molecular weight excluding hydrogens is 268 g/mol. The third-order valence-electron chi connectivity index (χ3n) is 1.91. The Hall–Kier alpha value is -1.56. The highest BCUT2D eigenvalue weighted by Crippen LogP contribution is 2.32. The Kier molecular flexibility index (Phi) is 5.15. The molecule has 0 aliphatic heterocycles. The molecule has 0 radical (unpaired) electrons. The molecule has 0 fully saturated rings. The van der Waals surface area contributed by atoms with E-state index in [-0.39, 0.29) is 28.6 Å². The topological polar surface area (TPSA) is 61.5 Å². The van der Waals surface area contributed by atoms with E-state index in [4.69, 9.17) is 26.8 Å². The highest BCUT2D eigenvalue weighted by molar-refractivity contribution is 6.33. The summed E-state index contributed by atoms with van der Waals surface area (Å²) in [4.78, 5) is 11.6. The van der Waals surface area contributed by atoms with Crippen LogP contribution in [0.15, 0.2) is 12.1 Å². The average molecular weight is 280 g/mol. The first-order chi connectivity index (χ1) is 8.45. The molecule has 18 heavy (non-hydrogen) atoms. The fraction of sp³-hybridized carbons (Fsp3) is 0.364. The Balaban J connectivity index is 3.08. The van der Waals surface area contributed by atoms with Crippen molar-refractivity contribution in [2.24, 2.45) is 0 Å². The fourth-order valence-electron chi connectivity index (χ4n) is 1.27. The molecule has 0 aliphatic rings. The van der Waals surface area contributed by atoms with Crippen molar-refractivity contribution in [2.75, 3.05) is 18.9 Å². The summed E-state index contributed by atoms with van der Waals surface area (Å²) in [6, 6.07) is 2.58. The van der Waals surface area contributed by atoms with Gasteiger partial charge < -0.3 is 15.2 Å². The second kappa shape index (κ2) is 6.39. The van der Waals surface area contributed by atoms with Gasteiger partial charge in [-0.05, 0) is 19.1 Å². The van der Waals surface area contributed by atoms with Crippen LogP contribution in [0.4, 0.5) is 14.5 Å². The number of nitrogen functional groups attached to an aromatic ring is 1. The van der Waals surface area contributed by atoms with Gasteiger partial charge in [0.2, 0.25) is 0 Å². The molecule has 1 aromatic carbocycles. The number of hydrogen-bond donors (Lipinski definition) is 1. The molecule has 4 nitrogen and oxygen atoms in total. The molecule has 0 amide bonds. The summed E-state index contributed by atoms with van der Waals surface area (Å²) in [6.45, 7) is 0.890. The lowest BCUT2D eigenvalue weighted by molar-refractivity contribution is 0.0508. The SMILES string of the molecule is CCOC(=O)c1cc(N)cc(Cl)c1OCC(F)F. The largest absolute Gasteiger partial charge is 0.485 e. The third kappa shape index (κ3) is 3.73. The van der Waals surface area contributed by atoms with E-state index in [0.717, 1.165) is 0 Å². The van der Waals surface area contributed by atoms with Crippen LogP contribution in [-0.2, 0) is 4.74 Å². The van der Waals surface area contributed by atoms with Crippen LogP contribution in [0.5, 0.6) is 5.75 Å². The first-order valence-electron chi connectivity index (χ1n) is 5.12. The molecule has 0 aliphatic carbocycles. The normalized spacial score (nSPS) is 10.5. The standard InChI is InChI=1S/C11H12ClF2NO3/c1-2-17-11(16)7-3-6(15)4-8(12)10(7)18-5-9(13)14/h3-4,9H,2,5,15H2,1H3. The maximum absolute atomic E-state index is 12.1. The second-order valence-electron chi connectivity index (χ2n) is 3.30. The number of carbonyl (C=O) groups is 1. The van der Waals surface area contributed by atoms with Gasteiger partial charge in [-0.2, -0.15) is 0 Å². The van der Waals surface area contributed by atoms with Crippen molar-refractivity contribution in [1.29, 1.82) is 0 Å². The van der Waals surface area contributed by atoms with Crippen LogP contribution in [0.2, 0.25) is 5.02 Å². The minimum atomic E-state index is -2.67. The van der Waals surface area contributed by atoms with Crippen molar-refractivity contribution in [2.45, 2.75) is 13.3 Å². The number of hydrogen-bond acceptors (Lipinski definition) is 4. The highest BCUT2D eigenvalue weighted by atomic mass is 35.5. The molecule has 0 saturated carbocycles. The smallest absolute Gasteiger partial charge is 0.342 e. The Bertz CT molecular complexity index is 441. The number of rotatable bonds is 5. The maximum atomic E-state index is 12.1. The Labute approximate surface area is 108 Å². The summed E-state index contributed by atoms with van der Waals surface area (Å²) in [7, 11) is 0. The van der Waals surface area contributed by atoms with Crippen LogP contribution < -0.4 is 10.5 Å². The van der Waals surface area contributed by atoms with Gasteiger partial charge in [-0.15, -0.1) is 0 Å². The van der Waals surface area contributed by atoms with Crippen LogP contribution in [0.25, 0.3) is 0 Å². The minimum Gasteiger partial charge on any atom is -0.485 e. The number of ether oxygens (including phenoxy) is 2. The van der Waals surface area contributed by atoms with Crippen molar-refractivity contribution in [1.82, 2.24) is 0 Å². The summed E-state index contributed by atoms with van der Waals surface area (Å²) in [5, 5.41) is -0.0151. The van der Waals surface area contributed by atoms with Crippen molar-refractivity contribution in [3.8, 4) is 5.75 Å². The first kappa shape index (κ1) is 14.5. The lowest BCUT2D eigenvalue weighted by Gasteiger charge is -2.13. The monoisotopic (exact) mass is 279 g/mol. The third-order valence-corrected chi connectivity index (χ3v) is 2.20. The molecule has 2 N–H and O–H groups in total. The Morgan fingerprint density at radius 3 is 2.72 bits per heavy atom. The van der Waals surface area contributed by atoms with Crippen molar-refractivity contribution in [3.05, 3.63) is 22.7 Å². The lowest BCUT2D eigenvalue weighted by atomic mass is 10.2. The zero-order valence-electron chi connectivity index (χ0n) is 9.58. The predicted molar refractivity (Wildman–Crippen MR) is 63.3 cm³/mol. The van der Waals surface area contributed by atoms with Crippen molar-refractivity contribution in [3.63, 3.8) is 0 Å². The summed E-state index contributed by atoms with van der Waals surface area (Å²) >= 11 is 5.80. The van der Waals surface area contributed by atoms with Gasteiger partial charge in [0.05, 0.1) is 11.6 Å². The van der Waals surface area contributed by atoms with Gasteiger partial charge in [0.1, 0.15) is 12.2 Å². The van der Waals surface area contributed by atoms with E-state index in [1.807, 2.05) is 0 Å². The Morgan fingerprint density at radius 1 is 1.50 bits per heavy atom. The van der Waals surface area contributed by atoms with Crippen molar-refractivity contribution >= 4 is 23.3 Å². The molecule has 0 spiro atoms. The Morgan fingerprint density at radius 2 is 2.17 bits per heavy atom. The van der Waals surface area contributed by atoms with Crippen molar-refractivity contribution < 1.29 is 23.0 Å². The zero-order chi connectivity index (χ0) is 13.7. The summed E-state index contributed by atoms with van der Waals surface area (Å²) in [6.07, 6.45) is -2.67. The lowest BCUT2D eigenvalue weighted by Crippen LogP contribution is -2.13. The molecule has 7 heteroatoms. The molecule has 100 valence electrons. The van der Waals surface area contributed by atoms with E-state index < -0.39 is 19.0 Å². The van der Waals surface area contributed by atoms with Crippen LogP contribution in [0.1, 0.15) is 17.3 Å². The molecule has 1 aromatic rings. The van der Waals surface area contributed by atoms with Gasteiger partial charge >= 0.3 is 5.97 Å². The predicted octanol–water partition coefficient (Wildman–Crippen LogP) is 2.74. The van der Waals surface area contributed by atoms with E-state index in [0.29, 0.717) is 0 Å². The molecule has 0 atom stereocenters. The van der Waals surface area contributed by atoms with Gasteiger partial charge in [0, 0.05) is 5.69 Å². The second-order valence-corrected chi connectivity index (χ2v) is 3.71. The number of nitrogens with two attached hydrogens (primary N) is 1. The van der Waals surface area contributed by atoms with E-state index >= 15 is 0 Å². The maximum Gasteiger partial charge on any atom is 0.342 e. The minimum absolute atomic E-state index is 0.0151. The highest BCUT2D eigenvalue weighted by Gasteiger charge is 2.19.